The number of benzene rings is 1. The van der Waals surface area contributed by atoms with Gasteiger partial charge in [-0.05, 0) is 45.1 Å². The molecule has 0 saturated carbocycles. The third kappa shape index (κ3) is 8.64. The van der Waals surface area contributed by atoms with Crippen LogP contribution in [0.4, 0.5) is 18.0 Å². The fourth-order valence-electron chi connectivity index (χ4n) is 5.35. The molecular weight excluding hydrogens is 597 g/mol. The van der Waals surface area contributed by atoms with Gasteiger partial charge in [0.2, 0.25) is 11.8 Å². The number of carbonyl (C=O) groups excluding carboxylic acids is 3. The lowest BCUT2D eigenvalue weighted by Crippen LogP contribution is -2.38. The minimum absolute atomic E-state index is 0.0124. The molecule has 4 rings (SSSR count). The van der Waals surface area contributed by atoms with Gasteiger partial charge in [-0.1, -0.05) is 44.5 Å². The van der Waals surface area contributed by atoms with Gasteiger partial charge in [0, 0.05) is 48.1 Å². The van der Waals surface area contributed by atoms with Crippen LogP contribution in [0.1, 0.15) is 77.3 Å². The molecule has 44 heavy (non-hydrogen) atoms. The van der Waals surface area contributed by atoms with Crippen molar-refractivity contribution in [2.75, 3.05) is 18.9 Å². The van der Waals surface area contributed by atoms with E-state index in [-0.39, 0.29) is 42.0 Å². The molecule has 3 aliphatic heterocycles. The zero-order chi connectivity index (χ0) is 32.2. The maximum Gasteiger partial charge on any atom is 0.442 e. The second-order valence-electron chi connectivity index (χ2n) is 13.0. The molecule has 4 amide bonds. The summed E-state index contributed by atoms with van der Waals surface area (Å²) in [7, 11) is 0. The minimum atomic E-state index is -4.58. The number of halogens is 3. The number of fused-ring (bicyclic) bond motifs is 1. The van der Waals surface area contributed by atoms with Crippen molar-refractivity contribution in [3.8, 4) is 0 Å². The Morgan fingerprint density at radius 3 is 2.41 bits per heavy atom. The molecule has 0 aliphatic carbocycles. The lowest BCUT2D eigenvalue weighted by Gasteiger charge is -2.29. The van der Waals surface area contributed by atoms with Crippen LogP contribution in [0.5, 0.6) is 0 Å². The highest BCUT2D eigenvalue weighted by atomic mass is 32.2. The number of thioether (sulfide) groups is 1. The number of nitrogens with one attached hydrogen (secondary N) is 4. The van der Waals surface area contributed by atoms with Gasteiger partial charge in [-0.15, -0.1) is 10.2 Å². The van der Waals surface area contributed by atoms with Gasteiger partial charge in [0.25, 0.3) is 0 Å². The van der Waals surface area contributed by atoms with Crippen molar-refractivity contribution >= 4 is 29.6 Å². The molecule has 10 nitrogen and oxygen atoms in total. The van der Waals surface area contributed by atoms with Crippen molar-refractivity contribution in [3.63, 3.8) is 0 Å². The van der Waals surface area contributed by atoms with E-state index in [4.69, 9.17) is 4.74 Å². The molecule has 0 bridgehead atoms. The first-order valence-corrected chi connectivity index (χ1v) is 16.1. The van der Waals surface area contributed by atoms with Gasteiger partial charge in [-0.25, -0.2) is 4.79 Å². The Kier molecular flexibility index (Phi) is 10.5. The topological polar surface area (TPSA) is 133 Å². The zero-order valence-electron chi connectivity index (χ0n) is 25.7. The first-order chi connectivity index (χ1) is 20.6. The van der Waals surface area contributed by atoms with Crippen molar-refractivity contribution in [3.05, 3.63) is 35.4 Å². The van der Waals surface area contributed by atoms with Crippen LogP contribution in [0.3, 0.4) is 0 Å². The number of hydrogen-bond acceptors (Lipinski definition) is 7. The Bertz CT molecular complexity index is 1220. The highest BCUT2D eigenvalue weighted by Gasteiger charge is 2.65. The molecule has 2 saturated heterocycles. The molecule has 1 aromatic rings. The predicted octanol–water partition coefficient (Wildman–Crippen LogP) is 4.93. The van der Waals surface area contributed by atoms with Gasteiger partial charge >= 0.3 is 17.9 Å². The number of nitrogens with zero attached hydrogens (tertiary/aromatic N) is 2. The van der Waals surface area contributed by atoms with E-state index < -0.39 is 22.9 Å². The van der Waals surface area contributed by atoms with Gasteiger partial charge < -0.3 is 26.0 Å². The van der Waals surface area contributed by atoms with E-state index in [9.17, 15) is 27.6 Å². The van der Waals surface area contributed by atoms with E-state index in [0.717, 1.165) is 25.0 Å². The summed E-state index contributed by atoms with van der Waals surface area (Å²) in [6, 6.07) is 6.05. The van der Waals surface area contributed by atoms with E-state index in [0.29, 0.717) is 43.2 Å². The fourth-order valence-corrected chi connectivity index (χ4v) is 6.90. The van der Waals surface area contributed by atoms with Gasteiger partial charge in [0.15, 0.2) is 0 Å². The van der Waals surface area contributed by atoms with Crippen LogP contribution >= 0.6 is 11.8 Å². The summed E-state index contributed by atoms with van der Waals surface area (Å²) in [6.07, 6.45) is -0.322. The van der Waals surface area contributed by atoms with E-state index in [2.05, 4.69) is 31.5 Å². The number of amides is 4. The molecule has 244 valence electrons. The molecule has 4 N–H and O–H groups in total. The summed E-state index contributed by atoms with van der Waals surface area (Å²) in [4.78, 5) is 36.7. The number of unbranched alkanes of at least 4 members (excludes halogenated alkanes) is 1. The molecule has 3 heterocycles. The smallest absolute Gasteiger partial charge is 0.375 e. The third-order valence-electron chi connectivity index (χ3n) is 8.47. The van der Waals surface area contributed by atoms with Crippen LogP contribution < -0.4 is 21.3 Å². The van der Waals surface area contributed by atoms with Crippen molar-refractivity contribution < 1.29 is 32.3 Å². The Morgan fingerprint density at radius 2 is 1.75 bits per heavy atom. The Balaban J connectivity index is 1.07. The maximum absolute atomic E-state index is 13.2. The average Bonchev–Trinajstić information content (AvgIpc) is 3.58. The van der Waals surface area contributed by atoms with Crippen LogP contribution in [0, 0.1) is 5.41 Å². The molecule has 14 heteroatoms. The summed E-state index contributed by atoms with van der Waals surface area (Å²) in [6.45, 7) is 8.54. The van der Waals surface area contributed by atoms with Gasteiger partial charge in [0.1, 0.15) is 0 Å². The number of alkyl halides is 3. The van der Waals surface area contributed by atoms with Crippen LogP contribution in [0.15, 0.2) is 34.5 Å². The van der Waals surface area contributed by atoms with Crippen LogP contribution in [0.25, 0.3) is 0 Å². The summed E-state index contributed by atoms with van der Waals surface area (Å²) < 4.78 is 45.6. The average molecular weight is 641 g/mol. The van der Waals surface area contributed by atoms with E-state index in [1.165, 1.54) is 24.3 Å². The zero-order valence-corrected chi connectivity index (χ0v) is 26.5. The number of hydrogen-bond donors (Lipinski definition) is 4. The minimum Gasteiger partial charge on any atom is -0.375 e. The van der Waals surface area contributed by atoms with Crippen molar-refractivity contribution in [1.29, 1.82) is 0 Å². The molecule has 0 radical (unpaired) electrons. The monoisotopic (exact) mass is 640 g/mol. The SMILES string of the molecule is CC(C)(CCNC(=O)CCCC[C@@H]1SC[C@@H]2NC(=O)N[C@@H]21)OCCC(C)(C)C(=O)NCc1ccc(C2(C(F)(F)F)N=N2)cc1. The number of carbonyl (C=O) groups is 3. The largest absolute Gasteiger partial charge is 0.442 e. The summed E-state index contributed by atoms with van der Waals surface area (Å²) >= 11 is 1.88. The van der Waals surface area contributed by atoms with Crippen LogP contribution in [0.2, 0.25) is 0 Å². The standard InChI is InChI=1S/C30H43F3N6O4S/c1-27(2,25(41)35-17-19-9-11-20(12-10-19)29(38-39-29)30(31,32)33)14-16-43-28(3,4)13-15-34-23(40)8-6-5-7-22-24-21(18-44-22)36-26(42)37-24/h9-12,21-22,24H,5-8,13-18H2,1-4H3,(H,34,40)(H,35,41)(H2,36,37,42)/t21-,22-,24-/m0/s1. The maximum atomic E-state index is 13.2. The quantitative estimate of drug-likeness (QED) is 0.150. The summed E-state index contributed by atoms with van der Waals surface area (Å²) in [5, 5.41) is 18.6. The molecule has 1 aromatic carbocycles. The molecule has 3 atom stereocenters. The van der Waals surface area contributed by atoms with Crippen molar-refractivity contribution in [1.82, 2.24) is 21.3 Å². The van der Waals surface area contributed by atoms with Gasteiger partial charge in [-0.2, -0.15) is 24.9 Å². The summed E-state index contributed by atoms with van der Waals surface area (Å²) in [5.74, 6) is 0.754. The molecule has 3 aliphatic rings. The van der Waals surface area contributed by atoms with Crippen LogP contribution in [-0.2, 0) is 26.5 Å². The molecule has 0 unspecified atom stereocenters. The third-order valence-corrected chi connectivity index (χ3v) is 9.98. The first-order valence-electron chi connectivity index (χ1n) is 15.1. The second-order valence-corrected chi connectivity index (χ2v) is 14.2. The van der Waals surface area contributed by atoms with Crippen LogP contribution in [-0.4, -0.2) is 65.9 Å². The van der Waals surface area contributed by atoms with Crippen molar-refractivity contribution in [2.24, 2.45) is 15.6 Å². The van der Waals surface area contributed by atoms with Crippen molar-refractivity contribution in [2.45, 2.75) is 108 Å². The predicted molar refractivity (Wildman–Crippen MR) is 161 cm³/mol. The normalized spacial score (nSPS) is 22.2. The molecular formula is C30H43F3N6O4S. The van der Waals surface area contributed by atoms with E-state index in [1.54, 1.807) is 0 Å². The highest BCUT2D eigenvalue weighted by molar-refractivity contribution is 8.00. The van der Waals surface area contributed by atoms with Gasteiger partial charge in [0.05, 0.1) is 17.7 Å². The van der Waals surface area contributed by atoms with E-state index in [1.807, 2.05) is 39.5 Å². The molecule has 0 spiro atoms. The Morgan fingerprint density at radius 1 is 1.05 bits per heavy atom. The lowest BCUT2D eigenvalue weighted by molar-refractivity contribution is -0.166. The second kappa shape index (κ2) is 13.6. The Labute approximate surface area is 260 Å². The highest BCUT2D eigenvalue weighted by Crippen LogP contribution is 2.52. The molecule has 2 fully saturated rings. The number of rotatable bonds is 16. The summed E-state index contributed by atoms with van der Waals surface area (Å²) in [5.41, 5.74) is -3.06. The molecule has 0 aromatic heterocycles. The number of ether oxygens (including phenoxy) is 1. The van der Waals surface area contributed by atoms with E-state index >= 15 is 0 Å². The Hall–Kier alpha value is -2.87. The first kappa shape index (κ1) is 34.0. The fraction of sp³-hybridized carbons (Fsp3) is 0.700. The number of urea groups is 1. The van der Waals surface area contributed by atoms with Gasteiger partial charge in [-0.3, -0.25) is 9.59 Å². The lowest BCUT2D eigenvalue weighted by atomic mass is 9.88.